The number of carbonyl (C=O) groups is 1. The van der Waals surface area contributed by atoms with Crippen LogP contribution in [0.3, 0.4) is 0 Å². The SMILES string of the molecule is CCCCCCCC/C=C\CCCCCCCC(=O)NCCNP(=O)(CO[C@H](C)Cn1cnc2c(N)ncnc21)Oc1cccc2ccccc12. The quantitative estimate of drug-likeness (QED) is 0.0329. The molecule has 0 aliphatic heterocycles. The van der Waals surface area contributed by atoms with Gasteiger partial charge in [0.15, 0.2) is 11.5 Å². The average Bonchev–Trinajstić information content (AvgIpc) is 3.54. The fourth-order valence-electron chi connectivity index (χ4n) is 6.00. The van der Waals surface area contributed by atoms with Crippen molar-refractivity contribution in [3.63, 3.8) is 0 Å². The van der Waals surface area contributed by atoms with Crippen molar-refractivity contribution < 1.29 is 18.6 Å². The Kier molecular flexibility index (Phi) is 17.4. The molecular weight excluding hydrogens is 661 g/mol. The predicted molar refractivity (Wildman–Crippen MR) is 208 cm³/mol. The molecule has 0 saturated carbocycles. The lowest BCUT2D eigenvalue weighted by Gasteiger charge is -2.23. The zero-order chi connectivity index (χ0) is 36.2. The van der Waals surface area contributed by atoms with E-state index in [0.29, 0.717) is 42.2 Å². The Morgan fingerprint density at radius 1 is 0.902 bits per heavy atom. The van der Waals surface area contributed by atoms with Crippen LogP contribution in [-0.2, 0) is 20.6 Å². The maximum atomic E-state index is 14.2. The standard InChI is InChI=1S/C39H58N7O4P/c1-3-4-5-6-7-8-9-10-11-12-13-14-15-16-17-25-36(47)41-26-27-45-51(48,50-35-24-20-22-33-21-18-19-23-34(33)35)31-49-32(2)28-46-30-44-37-38(40)42-29-43-39(37)46/h10-11,18-24,29-30,32H,3-9,12-17,25-28,31H2,1-2H3,(H,41,47)(H,45,48)(H2,40,42,43)/b11-10-/t32-,51?/m1/s1. The maximum Gasteiger partial charge on any atom is 0.342 e. The summed E-state index contributed by atoms with van der Waals surface area (Å²) in [5, 5.41) is 7.85. The number of nitrogens with zero attached hydrogens (tertiary/aromatic N) is 4. The molecule has 0 aliphatic rings. The highest BCUT2D eigenvalue weighted by Gasteiger charge is 2.27. The number of hydrogen-bond donors (Lipinski definition) is 3. The highest BCUT2D eigenvalue weighted by molar-refractivity contribution is 7.57. The summed E-state index contributed by atoms with van der Waals surface area (Å²) in [6.45, 7) is 5.14. The van der Waals surface area contributed by atoms with Crippen molar-refractivity contribution in [2.75, 3.05) is 25.2 Å². The van der Waals surface area contributed by atoms with Crippen molar-refractivity contribution in [1.29, 1.82) is 0 Å². The Morgan fingerprint density at radius 2 is 1.61 bits per heavy atom. The first-order chi connectivity index (χ1) is 24.9. The number of nitrogen functional groups attached to an aromatic ring is 1. The van der Waals surface area contributed by atoms with E-state index in [-0.39, 0.29) is 24.9 Å². The van der Waals surface area contributed by atoms with E-state index >= 15 is 0 Å². The van der Waals surface area contributed by atoms with E-state index in [1.54, 1.807) is 12.4 Å². The van der Waals surface area contributed by atoms with Crippen LogP contribution in [0, 0.1) is 0 Å². The van der Waals surface area contributed by atoms with Crippen molar-refractivity contribution in [1.82, 2.24) is 29.9 Å². The van der Waals surface area contributed by atoms with Gasteiger partial charge in [0, 0.05) is 24.9 Å². The van der Waals surface area contributed by atoms with Crippen molar-refractivity contribution >= 4 is 41.2 Å². The molecule has 2 aromatic heterocycles. The number of allylic oxidation sites excluding steroid dienone is 2. The predicted octanol–water partition coefficient (Wildman–Crippen LogP) is 8.94. The number of carbonyl (C=O) groups excluding carboxylic acids is 1. The number of ether oxygens (including phenoxy) is 1. The molecule has 0 aliphatic carbocycles. The zero-order valence-electron chi connectivity index (χ0n) is 30.6. The van der Waals surface area contributed by atoms with Crippen LogP contribution in [0.25, 0.3) is 21.9 Å². The van der Waals surface area contributed by atoms with Crippen LogP contribution in [0.15, 0.2) is 67.3 Å². The smallest absolute Gasteiger partial charge is 0.342 e. The first-order valence-electron chi connectivity index (χ1n) is 18.8. The number of imidazole rings is 1. The minimum atomic E-state index is -3.56. The van der Waals surface area contributed by atoms with E-state index in [2.05, 4.69) is 44.4 Å². The number of nitrogens with two attached hydrogens (primary N) is 1. The number of amides is 1. The summed E-state index contributed by atoms with van der Waals surface area (Å²) >= 11 is 0. The van der Waals surface area contributed by atoms with Crippen LogP contribution in [0.4, 0.5) is 5.82 Å². The highest BCUT2D eigenvalue weighted by atomic mass is 31.2. The molecule has 0 bridgehead atoms. The summed E-state index contributed by atoms with van der Waals surface area (Å²) < 4.78 is 28.4. The number of anilines is 1. The minimum absolute atomic E-state index is 0.00103. The largest absolute Gasteiger partial charge is 0.431 e. The van der Waals surface area contributed by atoms with E-state index in [0.717, 1.165) is 36.5 Å². The molecule has 2 atom stereocenters. The van der Waals surface area contributed by atoms with Crippen LogP contribution >= 0.6 is 7.52 Å². The van der Waals surface area contributed by atoms with E-state index in [9.17, 15) is 9.36 Å². The normalized spacial score (nSPS) is 13.5. The molecule has 2 heterocycles. The molecular formula is C39H58N7O4P. The van der Waals surface area contributed by atoms with Crippen LogP contribution in [0.1, 0.15) is 104 Å². The van der Waals surface area contributed by atoms with Crippen molar-refractivity contribution in [3.05, 3.63) is 67.3 Å². The van der Waals surface area contributed by atoms with Gasteiger partial charge in [-0.15, -0.1) is 0 Å². The molecule has 0 spiro atoms. The second-order valence-electron chi connectivity index (χ2n) is 13.3. The van der Waals surface area contributed by atoms with Crippen molar-refractivity contribution in [2.24, 2.45) is 0 Å². The average molecular weight is 720 g/mol. The summed E-state index contributed by atoms with van der Waals surface area (Å²) in [4.78, 5) is 25.1. The van der Waals surface area contributed by atoms with Gasteiger partial charge in [0.1, 0.15) is 23.9 Å². The number of nitrogens with one attached hydrogen (secondary N) is 2. The van der Waals surface area contributed by atoms with Crippen LogP contribution in [0.5, 0.6) is 5.75 Å². The Balaban J connectivity index is 1.17. The number of fused-ring (bicyclic) bond motifs is 2. The fourth-order valence-corrected chi connectivity index (χ4v) is 7.59. The van der Waals surface area contributed by atoms with E-state index in [1.807, 2.05) is 47.9 Å². The van der Waals surface area contributed by atoms with Gasteiger partial charge in [-0.05, 0) is 50.5 Å². The van der Waals surface area contributed by atoms with Gasteiger partial charge in [-0.3, -0.25) is 9.36 Å². The lowest BCUT2D eigenvalue weighted by Crippen LogP contribution is -2.32. The molecule has 4 aromatic rings. The van der Waals surface area contributed by atoms with Gasteiger partial charge in [0.2, 0.25) is 5.91 Å². The topological polar surface area (TPSA) is 146 Å². The van der Waals surface area contributed by atoms with Gasteiger partial charge in [0.05, 0.1) is 19.0 Å². The third-order valence-electron chi connectivity index (χ3n) is 8.87. The van der Waals surface area contributed by atoms with Gasteiger partial charge in [-0.2, -0.15) is 0 Å². The highest BCUT2D eigenvalue weighted by Crippen LogP contribution is 2.45. The molecule has 51 heavy (non-hydrogen) atoms. The summed E-state index contributed by atoms with van der Waals surface area (Å²) in [7, 11) is -3.56. The van der Waals surface area contributed by atoms with Crippen LogP contribution < -0.4 is 20.7 Å². The maximum absolute atomic E-state index is 14.2. The third-order valence-corrected chi connectivity index (χ3v) is 10.6. The summed E-state index contributed by atoms with van der Waals surface area (Å²) in [6.07, 6.45) is 23.6. The number of benzene rings is 2. The molecule has 11 nitrogen and oxygen atoms in total. The monoisotopic (exact) mass is 719 g/mol. The Bertz CT molecular complexity index is 1690. The lowest BCUT2D eigenvalue weighted by atomic mass is 10.1. The Hall–Kier alpha value is -3.79. The first-order valence-corrected chi connectivity index (χ1v) is 20.7. The zero-order valence-corrected chi connectivity index (χ0v) is 31.5. The lowest BCUT2D eigenvalue weighted by molar-refractivity contribution is -0.121. The number of unbranched alkanes of at least 4 members (excludes halogenated alkanes) is 11. The van der Waals surface area contributed by atoms with Crippen molar-refractivity contribution in [3.8, 4) is 5.75 Å². The molecule has 0 fully saturated rings. The molecule has 12 heteroatoms. The van der Waals surface area contributed by atoms with Crippen molar-refractivity contribution in [2.45, 2.75) is 116 Å². The molecule has 4 rings (SSSR count). The molecule has 1 amide bonds. The Morgan fingerprint density at radius 3 is 2.39 bits per heavy atom. The van der Waals surface area contributed by atoms with Crippen LogP contribution in [-0.4, -0.2) is 51.0 Å². The molecule has 1 unspecified atom stereocenters. The summed E-state index contributed by atoms with van der Waals surface area (Å²) in [5.41, 5.74) is 7.06. The third kappa shape index (κ3) is 14.0. The second-order valence-corrected chi connectivity index (χ2v) is 15.4. The van der Waals surface area contributed by atoms with E-state index < -0.39 is 7.52 Å². The minimum Gasteiger partial charge on any atom is -0.431 e. The second kappa shape index (κ2) is 22.2. The number of aromatic nitrogens is 4. The summed E-state index contributed by atoms with van der Waals surface area (Å²) in [6, 6.07) is 13.4. The van der Waals surface area contributed by atoms with E-state index in [1.165, 1.54) is 64.1 Å². The molecule has 0 saturated heterocycles. The molecule has 4 N–H and O–H groups in total. The number of rotatable bonds is 26. The van der Waals surface area contributed by atoms with Crippen LogP contribution in [0.2, 0.25) is 0 Å². The molecule has 2 aromatic carbocycles. The van der Waals surface area contributed by atoms with Gasteiger partial charge in [0.25, 0.3) is 0 Å². The van der Waals surface area contributed by atoms with Gasteiger partial charge < -0.3 is 24.9 Å². The van der Waals surface area contributed by atoms with E-state index in [4.69, 9.17) is 15.0 Å². The number of hydrogen-bond acceptors (Lipinski definition) is 8. The fraction of sp³-hybridized carbons (Fsp3) is 0.538. The van der Waals surface area contributed by atoms with Gasteiger partial charge in [-0.25, -0.2) is 20.0 Å². The van der Waals surface area contributed by atoms with Gasteiger partial charge in [-0.1, -0.05) is 107 Å². The first kappa shape index (κ1) is 40.0. The summed E-state index contributed by atoms with van der Waals surface area (Å²) in [5.74, 6) is 0.812. The molecule has 0 radical (unpaired) electrons. The molecule has 278 valence electrons. The Labute approximate surface area is 303 Å². The van der Waals surface area contributed by atoms with Gasteiger partial charge >= 0.3 is 7.52 Å².